The third-order valence-electron chi connectivity index (χ3n) is 4.45. The first kappa shape index (κ1) is 20.1. The van der Waals surface area contributed by atoms with Crippen LogP contribution in [0.25, 0.3) is 0 Å². The second kappa shape index (κ2) is 9.05. The monoisotopic (exact) mass is 399 g/mol. The average molecular weight is 399 g/mol. The topological polar surface area (TPSA) is 118 Å². The van der Waals surface area contributed by atoms with E-state index >= 15 is 0 Å². The van der Waals surface area contributed by atoms with Crippen LogP contribution in [0.4, 0.5) is 4.79 Å². The van der Waals surface area contributed by atoms with Crippen LogP contribution >= 0.6 is 0 Å². The largest absolute Gasteiger partial charge is 0.459 e. The lowest BCUT2D eigenvalue weighted by molar-refractivity contribution is -0.153. The van der Waals surface area contributed by atoms with Crippen LogP contribution in [0.1, 0.15) is 28.6 Å². The Hall–Kier alpha value is -3.62. The summed E-state index contributed by atoms with van der Waals surface area (Å²) in [4.78, 5) is 50.0. The number of esters is 1. The van der Waals surface area contributed by atoms with Gasteiger partial charge in [-0.05, 0) is 30.2 Å². The molecule has 1 aliphatic heterocycles. The van der Waals surface area contributed by atoms with Crippen molar-refractivity contribution in [2.75, 3.05) is 13.2 Å². The fraction of sp³-hybridized carbons (Fsp3) is 0.300. The van der Waals surface area contributed by atoms with Crippen LogP contribution in [0.3, 0.4) is 0 Å². The standard InChI is InChI=1S/C20H21N3O6/c1-2-21-20(27)22-17(24)12-29-19(26)15-10-13-6-3-4-7-14(13)11-23(15)18(25)16-8-5-9-28-16/h3-9,15H,2,10-12H2,1H3,(H2,21,22,24,27). The number of fused-ring (bicyclic) bond motifs is 1. The van der Waals surface area contributed by atoms with E-state index in [2.05, 4.69) is 5.32 Å². The van der Waals surface area contributed by atoms with Crippen molar-refractivity contribution in [3.8, 4) is 0 Å². The van der Waals surface area contributed by atoms with Gasteiger partial charge in [-0.1, -0.05) is 24.3 Å². The summed E-state index contributed by atoms with van der Waals surface area (Å²) in [6, 6.07) is 9.00. The Kier molecular flexibility index (Phi) is 6.28. The number of imide groups is 1. The Balaban J connectivity index is 1.71. The van der Waals surface area contributed by atoms with E-state index in [1.165, 1.54) is 17.2 Å². The minimum absolute atomic E-state index is 0.108. The molecule has 1 aromatic carbocycles. The van der Waals surface area contributed by atoms with E-state index in [1.807, 2.05) is 29.6 Å². The molecule has 1 unspecified atom stereocenters. The van der Waals surface area contributed by atoms with E-state index < -0.39 is 36.5 Å². The zero-order chi connectivity index (χ0) is 20.8. The fourth-order valence-electron chi connectivity index (χ4n) is 3.09. The third kappa shape index (κ3) is 4.81. The van der Waals surface area contributed by atoms with E-state index in [9.17, 15) is 19.2 Å². The normalized spacial score (nSPS) is 15.2. The van der Waals surface area contributed by atoms with E-state index in [1.54, 1.807) is 13.0 Å². The van der Waals surface area contributed by atoms with Gasteiger partial charge in [0.15, 0.2) is 12.4 Å². The lowest BCUT2D eigenvalue weighted by Crippen LogP contribution is -2.50. The molecule has 2 aromatic rings. The molecule has 0 spiro atoms. The summed E-state index contributed by atoms with van der Waals surface area (Å²) in [5.41, 5.74) is 1.84. The molecule has 9 nitrogen and oxygen atoms in total. The first-order valence-electron chi connectivity index (χ1n) is 9.15. The van der Waals surface area contributed by atoms with Crippen molar-refractivity contribution in [1.82, 2.24) is 15.5 Å². The molecule has 4 amide bonds. The first-order chi connectivity index (χ1) is 14.0. The molecule has 3 rings (SSSR count). The molecule has 0 saturated carbocycles. The van der Waals surface area contributed by atoms with E-state index in [4.69, 9.17) is 9.15 Å². The van der Waals surface area contributed by atoms with Crippen molar-refractivity contribution in [2.45, 2.75) is 25.9 Å². The molecule has 1 atom stereocenters. The Morgan fingerprint density at radius 1 is 1.14 bits per heavy atom. The Bertz CT molecular complexity index is 909. The number of hydrogen-bond donors (Lipinski definition) is 2. The maximum atomic E-state index is 12.8. The number of rotatable bonds is 5. The molecule has 1 aromatic heterocycles. The summed E-state index contributed by atoms with van der Waals surface area (Å²) >= 11 is 0. The van der Waals surface area contributed by atoms with Crippen molar-refractivity contribution in [3.63, 3.8) is 0 Å². The summed E-state index contributed by atoms with van der Waals surface area (Å²) in [6.45, 7) is 1.64. The molecule has 0 fully saturated rings. The summed E-state index contributed by atoms with van der Waals surface area (Å²) in [7, 11) is 0. The predicted molar refractivity (Wildman–Crippen MR) is 101 cm³/mol. The number of hydrogen-bond acceptors (Lipinski definition) is 6. The number of nitrogens with zero attached hydrogens (tertiary/aromatic N) is 1. The van der Waals surface area contributed by atoms with Gasteiger partial charge in [0.1, 0.15) is 6.04 Å². The molecule has 29 heavy (non-hydrogen) atoms. The highest BCUT2D eigenvalue weighted by molar-refractivity contribution is 5.97. The van der Waals surface area contributed by atoms with Crippen molar-refractivity contribution >= 4 is 23.8 Å². The van der Waals surface area contributed by atoms with Crippen LogP contribution in [0.15, 0.2) is 47.1 Å². The van der Waals surface area contributed by atoms with Gasteiger partial charge in [-0.25, -0.2) is 9.59 Å². The molecule has 9 heteroatoms. The molecule has 0 aliphatic carbocycles. The lowest BCUT2D eigenvalue weighted by atomic mass is 9.93. The molecule has 152 valence electrons. The summed E-state index contributed by atoms with van der Waals surface area (Å²) < 4.78 is 10.3. The molecule has 0 radical (unpaired) electrons. The Morgan fingerprint density at radius 3 is 2.59 bits per heavy atom. The minimum atomic E-state index is -0.917. The van der Waals surface area contributed by atoms with Crippen LogP contribution < -0.4 is 10.6 Å². The molecule has 2 N–H and O–H groups in total. The van der Waals surface area contributed by atoms with Gasteiger partial charge in [0.2, 0.25) is 0 Å². The van der Waals surface area contributed by atoms with Crippen LogP contribution in [0.2, 0.25) is 0 Å². The number of furan rings is 1. The average Bonchev–Trinajstić information content (AvgIpc) is 3.25. The highest BCUT2D eigenvalue weighted by atomic mass is 16.5. The van der Waals surface area contributed by atoms with Gasteiger partial charge in [-0.15, -0.1) is 0 Å². The molecule has 0 saturated heterocycles. The van der Waals surface area contributed by atoms with Crippen molar-refractivity contribution in [2.24, 2.45) is 0 Å². The SMILES string of the molecule is CCNC(=O)NC(=O)COC(=O)C1Cc2ccccc2CN1C(=O)c1ccco1. The van der Waals surface area contributed by atoms with E-state index in [0.717, 1.165) is 11.1 Å². The maximum absolute atomic E-state index is 12.8. The third-order valence-corrected chi connectivity index (χ3v) is 4.45. The molecular formula is C20H21N3O6. The molecule has 1 aliphatic rings. The van der Waals surface area contributed by atoms with Gasteiger partial charge >= 0.3 is 12.0 Å². The van der Waals surface area contributed by atoms with Crippen LogP contribution in [-0.2, 0) is 27.3 Å². The summed E-state index contributed by atoms with van der Waals surface area (Å²) in [5, 5.41) is 4.45. The zero-order valence-electron chi connectivity index (χ0n) is 15.8. The van der Waals surface area contributed by atoms with Gasteiger partial charge in [0, 0.05) is 19.5 Å². The van der Waals surface area contributed by atoms with Crippen molar-refractivity contribution in [1.29, 1.82) is 0 Å². The lowest BCUT2D eigenvalue weighted by Gasteiger charge is -2.34. The highest BCUT2D eigenvalue weighted by Gasteiger charge is 2.37. The maximum Gasteiger partial charge on any atom is 0.329 e. The van der Waals surface area contributed by atoms with Crippen molar-refractivity contribution in [3.05, 3.63) is 59.5 Å². The fourth-order valence-corrected chi connectivity index (χ4v) is 3.09. The van der Waals surface area contributed by atoms with Crippen LogP contribution in [0.5, 0.6) is 0 Å². The number of urea groups is 1. The second-order valence-corrected chi connectivity index (χ2v) is 6.41. The molecular weight excluding hydrogens is 378 g/mol. The number of nitrogens with one attached hydrogen (secondary N) is 2. The molecule has 2 heterocycles. The minimum Gasteiger partial charge on any atom is -0.459 e. The van der Waals surface area contributed by atoms with Gasteiger partial charge in [0.25, 0.3) is 11.8 Å². The molecule has 0 bridgehead atoms. The smallest absolute Gasteiger partial charge is 0.329 e. The zero-order valence-corrected chi connectivity index (χ0v) is 15.8. The second-order valence-electron chi connectivity index (χ2n) is 6.41. The number of benzene rings is 1. The quantitative estimate of drug-likeness (QED) is 0.731. The first-order valence-corrected chi connectivity index (χ1v) is 9.15. The predicted octanol–water partition coefficient (Wildman–Crippen LogP) is 1.24. The number of carbonyl (C=O) groups is 4. The van der Waals surface area contributed by atoms with Gasteiger partial charge < -0.3 is 19.4 Å². The Labute approximate surface area is 167 Å². The number of amides is 4. The summed E-state index contributed by atoms with van der Waals surface area (Å²) in [5.74, 6) is -1.83. The summed E-state index contributed by atoms with van der Waals surface area (Å²) in [6.07, 6.45) is 1.63. The van der Waals surface area contributed by atoms with Crippen LogP contribution in [0, 0.1) is 0 Å². The van der Waals surface area contributed by atoms with Crippen LogP contribution in [-0.4, -0.2) is 47.9 Å². The van der Waals surface area contributed by atoms with Crippen molar-refractivity contribution < 1.29 is 28.3 Å². The van der Waals surface area contributed by atoms with Gasteiger partial charge in [-0.3, -0.25) is 14.9 Å². The Morgan fingerprint density at radius 2 is 1.90 bits per heavy atom. The van der Waals surface area contributed by atoms with Gasteiger partial charge in [-0.2, -0.15) is 0 Å². The number of carbonyl (C=O) groups excluding carboxylic acids is 4. The van der Waals surface area contributed by atoms with Gasteiger partial charge in [0.05, 0.1) is 6.26 Å². The highest BCUT2D eigenvalue weighted by Crippen LogP contribution is 2.26. The van der Waals surface area contributed by atoms with E-state index in [-0.39, 0.29) is 18.7 Å². The number of ether oxygens (including phenoxy) is 1. The van der Waals surface area contributed by atoms with E-state index in [0.29, 0.717) is 6.54 Å².